The highest BCUT2D eigenvalue weighted by atomic mass is 32.2. The third-order valence-corrected chi connectivity index (χ3v) is 3.48. The zero-order valence-corrected chi connectivity index (χ0v) is 11.7. The summed E-state index contributed by atoms with van der Waals surface area (Å²) in [6.07, 6.45) is 0.369. The van der Waals surface area contributed by atoms with Crippen LogP contribution in [0.4, 0.5) is 0 Å². The van der Waals surface area contributed by atoms with E-state index in [2.05, 4.69) is 5.32 Å². The number of thioether (sulfide) groups is 1. The maximum absolute atomic E-state index is 11.6. The average Bonchev–Trinajstić information content (AvgIpc) is 2.42. The van der Waals surface area contributed by atoms with E-state index in [-0.39, 0.29) is 11.7 Å². The van der Waals surface area contributed by atoms with Crippen molar-refractivity contribution in [2.24, 2.45) is 0 Å². The second-order valence-electron chi connectivity index (χ2n) is 3.83. The van der Waals surface area contributed by atoms with Gasteiger partial charge in [0.1, 0.15) is 11.8 Å². The molecule has 1 amide bonds. The van der Waals surface area contributed by atoms with Crippen molar-refractivity contribution >= 4 is 23.6 Å². The molecule has 104 valence electrons. The lowest BCUT2D eigenvalue weighted by atomic mass is 10.2. The molecule has 0 spiro atoms. The Kier molecular flexibility index (Phi) is 6.21. The molecule has 0 aliphatic carbocycles. The fraction of sp³-hybridized carbons (Fsp3) is 0.385. The van der Waals surface area contributed by atoms with Crippen LogP contribution in [0.15, 0.2) is 29.2 Å². The van der Waals surface area contributed by atoms with Crippen LogP contribution >= 0.6 is 11.8 Å². The molecule has 0 saturated heterocycles. The molecule has 0 aliphatic heterocycles. The first-order chi connectivity index (χ1) is 9.06. The lowest BCUT2D eigenvalue weighted by Gasteiger charge is -2.11. The molecular formula is C13H17NO4S. The van der Waals surface area contributed by atoms with Crippen LogP contribution < -0.4 is 10.1 Å². The molecule has 1 atom stereocenters. The Morgan fingerprint density at radius 1 is 1.37 bits per heavy atom. The van der Waals surface area contributed by atoms with Crippen molar-refractivity contribution in [3.8, 4) is 5.75 Å². The van der Waals surface area contributed by atoms with Gasteiger partial charge in [0, 0.05) is 4.90 Å². The molecule has 1 aromatic rings. The van der Waals surface area contributed by atoms with Gasteiger partial charge in [-0.25, -0.2) is 4.79 Å². The lowest BCUT2D eigenvalue weighted by Crippen LogP contribution is -2.41. The molecule has 1 aromatic carbocycles. The van der Waals surface area contributed by atoms with E-state index in [9.17, 15) is 9.59 Å². The highest BCUT2D eigenvalue weighted by molar-refractivity contribution is 8.00. The van der Waals surface area contributed by atoms with Crippen LogP contribution in [0, 0.1) is 0 Å². The second kappa shape index (κ2) is 7.68. The average molecular weight is 283 g/mol. The van der Waals surface area contributed by atoms with Crippen molar-refractivity contribution in [3.05, 3.63) is 24.3 Å². The Bertz CT molecular complexity index is 433. The number of carboxylic acids is 1. The van der Waals surface area contributed by atoms with E-state index in [0.717, 1.165) is 10.6 Å². The number of carbonyl (C=O) groups is 2. The van der Waals surface area contributed by atoms with Crippen molar-refractivity contribution < 1.29 is 19.4 Å². The van der Waals surface area contributed by atoms with E-state index in [4.69, 9.17) is 9.84 Å². The van der Waals surface area contributed by atoms with Crippen LogP contribution in [0.1, 0.15) is 13.3 Å². The van der Waals surface area contributed by atoms with Crippen LogP contribution in [0.5, 0.6) is 5.75 Å². The summed E-state index contributed by atoms with van der Waals surface area (Å²) in [4.78, 5) is 23.3. The number of rotatable bonds is 7. The molecule has 0 heterocycles. The van der Waals surface area contributed by atoms with Gasteiger partial charge in [0.15, 0.2) is 0 Å². The summed E-state index contributed by atoms with van der Waals surface area (Å²) in [5, 5.41) is 11.3. The third-order valence-electron chi connectivity index (χ3n) is 2.47. The minimum absolute atomic E-state index is 0.191. The Hall–Kier alpha value is -1.69. The standard InChI is InChI=1S/C13H17NO4S/c1-3-11(13(16)17)14-12(15)8-19-10-6-4-9(18-2)5-7-10/h4-7,11H,3,8H2,1-2H3,(H,14,15)(H,16,17)/t11-/m0/s1. The van der Waals surface area contributed by atoms with E-state index >= 15 is 0 Å². The molecule has 0 unspecified atom stereocenters. The van der Waals surface area contributed by atoms with Gasteiger partial charge >= 0.3 is 5.97 Å². The smallest absolute Gasteiger partial charge is 0.326 e. The van der Waals surface area contributed by atoms with Gasteiger partial charge in [-0.2, -0.15) is 0 Å². The monoisotopic (exact) mass is 283 g/mol. The SMILES string of the molecule is CC[C@H](NC(=O)CSc1ccc(OC)cc1)C(=O)O. The largest absolute Gasteiger partial charge is 0.497 e. The van der Waals surface area contributed by atoms with Gasteiger partial charge in [0.05, 0.1) is 12.9 Å². The number of aliphatic carboxylic acids is 1. The summed E-state index contributed by atoms with van der Waals surface area (Å²) < 4.78 is 5.03. The van der Waals surface area contributed by atoms with E-state index in [1.165, 1.54) is 11.8 Å². The van der Waals surface area contributed by atoms with Crippen LogP contribution in [0.3, 0.4) is 0 Å². The number of benzene rings is 1. The normalized spacial score (nSPS) is 11.7. The number of methoxy groups -OCH3 is 1. The summed E-state index contributed by atoms with van der Waals surface area (Å²) in [6.45, 7) is 1.72. The number of amides is 1. The first-order valence-electron chi connectivity index (χ1n) is 5.85. The Morgan fingerprint density at radius 3 is 2.47 bits per heavy atom. The van der Waals surface area contributed by atoms with Gasteiger partial charge in [-0.3, -0.25) is 4.79 Å². The number of ether oxygens (including phenoxy) is 1. The van der Waals surface area contributed by atoms with Crippen LogP contribution in [-0.4, -0.2) is 35.9 Å². The molecule has 0 fully saturated rings. The number of carboxylic acid groups (broad SMARTS) is 1. The van der Waals surface area contributed by atoms with Gasteiger partial charge in [-0.15, -0.1) is 11.8 Å². The van der Waals surface area contributed by atoms with E-state index in [1.54, 1.807) is 14.0 Å². The van der Waals surface area contributed by atoms with Crippen molar-refractivity contribution in [1.29, 1.82) is 0 Å². The first kappa shape index (κ1) is 15.4. The van der Waals surface area contributed by atoms with Gasteiger partial charge < -0.3 is 15.2 Å². The summed E-state index contributed by atoms with van der Waals surface area (Å²) in [5.41, 5.74) is 0. The van der Waals surface area contributed by atoms with E-state index in [0.29, 0.717) is 6.42 Å². The fourth-order valence-corrected chi connectivity index (χ4v) is 2.10. The topological polar surface area (TPSA) is 75.6 Å². The summed E-state index contributed by atoms with van der Waals surface area (Å²) in [5.74, 6) is -0.345. The summed E-state index contributed by atoms with van der Waals surface area (Å²) in [6, 6.07) is 6.51. The number of carbonyl (C=O) groups excluding carboxylic acids is 1. The number of hydrogen-bond acceptors (Lipinski definition) is 4. The lowest BCUT2D eigenvalue weighted by molar-refractivity contribution is -0.141. The quantitative estimate of drug-likeness (QED) is 0.746. The molecule has 5 nitrogen and oxygen atoms in total. The summed E-state index contributed by atoms with van der Waals surface area (Å²) in [7, 11) is 1.59. The predicted octanol–water partition coefficient (Wildman–Crippen LogP) is 1.77. The summed E-state index contributed by atoms with van der Waals surface area (Å²) >= 11 is 1.35. The zero-order valence-electron chi connectivity index (χ0n) is 10.9. The molecule has 1 rings (SSSR count). The van der Waals surface area contributed by atoms with Gasteiger partial charge in [-0.05, 0) is 30.7 Å². The number of hydrogen-bond donors (Lipinski definition) is 2. The van der Waals surface area contributed by atoms with Crippen LogP contribution in [0.25, 0.3) is 0 Å². The molecule has 6 heteroatoms. The minimum Gasteiger partial charge on any atom is -0.497 e. The second-order valence-corrected chi connectivity index (χ2v) is 4.88. The van der Waals surface area contributed by atoms with Crippen LogP contribution in [-0.2, 0) is 9.59 Å². The van der Waals surface area contributed by atoms with Crippen molar-refractivity contribution in [3.63, 3.8) is 0 Å². The van der Waals surface area contributed by atoms with E-state index < -0.39 is 12.0 Å². The highest BCUT2D eigenvalue weighted by Gasteiger charge is 2.17. The maximum Gasteiger partial charge on any atom is 0.326 e. The molecule has 0 aliphatic rings. The van der Waals surface area contributed by atoms with Gasteiger partial charge in [-0.1, -0.05) is 6.92 Å². The van der Waals surface area contributed by atoms with Crippen LogP contribution in [0.2, 0.25) is 0 Å². The fourth-order valence-electron chi connectivity index (χ4n) is 1.40. The Balaban J connectivity index is 2.42. The molecule has 2 N–H and O–H groups in total. The molecule has 0 aromatic heterocycles. The molecule has 0 saturated carbocycles. The molecular weight excluding hydrogens is 266 g/mol. The third kappa shape index (κ3) is 5.21. The van der Waals surface area contributed by atoms with E-state index in [1.807, 2.05) is 24.3 Å². The zero-order chi connectivity index (χ0) is 14.3. The molecule has 0 radical (unpaired) electrons. The highest BCUT2D eigenvalue weighted by Crippen LogP contribution is 2.20. The number of nitrogens with one attached hydrogen (secondary N) is 1. The van der Waals surface area contributed by atoms with Gasteiger partial charge in [0.2, 0.25) is 5.91 Å². The van der Waals surface area contributed by atoms with Crippen molar-refractivity contribution in [1.82, 2.24) is 5.32 Å². The predicted molar refractivity (Wildman–Crippen MR) is 73.6 cm³/mol. The van der Waals surface area contributed by atoms with Gasteiger partial charge in [0.25, 0.3) is 0 Å². The maximum atomic E-state index is 11.6. The molecule has 19 heavy (non-hydrogen) atoms. The van der Waals surface area contributed by atoms with Crippen molar-refractivity contribution in [2.75, 3.05) is 12.9 Å². The molecule has 0 bridgehead atoms. The Morgan fingerprint density at radius 2 is 2.00 bits per heavy atom. The minimum atomic E-state index is -1.01. The Labute approximate surface area is 116 Å². The first-order valence-corrected chi connectivity index (χ1v) is 6.84. The van der Waals surface area contributed by atoms with Crippen molar-refractivity contribution in [2.45, 2.75) is 24.3 Å².